The fourth-order valence-corrected chi connectivity index (χ4v) is 2.86. The standard InChI is InChI=1S/C15H25BrN2/c1-5-18(10-11(2)3)15(12(4)17)13-7-6-8-14(16)9-13/h6-9,11-12,15H,5,10,17H2,1-4H3. The van der Waals surface area contributed by atoms with Crippen LogP contribution in [-0.2, 0) is 0 Å². The molecule has 0 radical (unpaired) electrons. The summed E-state index contributed by atoms with van der Waals surface area (Å²) in [6.07, 6.45) is 0. The Morgan fingerprint density at radius 1 is 1.28 bits per heavy atom. The van der Waals surface area contributed by atoms with Crippen LogP contribution < -0.4 is 5.73 Å². The second-order valence-corrected chi connectivity index (χ2v) is 6.26. The first kappa shape index (κ1) is 15.7. The summed E-state index contributed by atoms with van der Waals surface area (Å²) in [5, 5.41) is 0. The number of rotatable bonds is 6. The highest BCUT2D eigenvalue weighted by Gasteiger charge is 2.23. The molecule has 0 fully saturated rings. The van der Waals surface area contributed by atoms with Gasteiger partial charge in [0.25, 0.3) is 0 Å². The molecule has 2 unspecified atom stereocenters. The molecule has 0 amide bonds. The summed E-state index contributed by atoms with van der Waals surface area (Å²) in [6, 6.07) is 8.89. The number of hydrogen-bond donors (Lipinski definition) is 1. The van der Waals surface area contributed by atoms with E-state index in [1.54, 1.807) is 0 Å². The van der Waals surface area contributed by atoms with Gasteiger partial charge in [-0.1, -0.05) is 48.8 Å². The number of likely N-dealkylation sites (N-methyl/N-ethyl adjacent to an activating group) is 1. The van der Waals surface area contributed by atoms with Crippen LogP contribution in [-0.4, -0.2) is 24.0 Å². The van der Waals surface area contributed by atoms with Crippen LogP contribution in [0.5, 0.6) is 0 Å². The highest BCUT2D eigenvalue weighted by Crippen LogP contribution is 2.26. The second-order valence-electron chi connectivity index (χ2n) is 5.34. The Bertz CT molecular complexity index is 363. The number of benzene rings is 1. The van der Waals surface area contributed by atoms with E-state index in [2.05, 4.69) is 72.8 Å². The summed E-state index contributed by atoms with van der Waals surface area (Å²) < 4.78 is 1.12. The lowest BCUT2D eigenvalue weighted by molar-refractivity contribution is 0.166. The average Bonchev–Trinajstić information content (AvgIpc) is 2.27. The summed E-state index contributed by atoms with van der Waals surface area (Å²) in [5.74, 6) is 0.651. The normalized spacial score (nSPS) is 15.1. The van der Waals surface area contributed by atoms with Crippen molar-refractivity contribution < 1.29 is 0 Å². The number of halogens is 1. The van der Waals surface area contributed by atoms with Gasteiger partial charge in [0.1, 0.15) is 0 Å². The highest BCUT2D eigenvalue weighted by atomic mass is 79.9. The van der Waals surface area contributed by atoms with Gasteiger partial charge in [0, 0.05) is 23.1 Å². The van der Waals surface area contributed by atoms with E-state index in [-0.39, 0.29) is 12.1 Å². The van der Waals surface area contributed by atoms with Crippen LogP contribution >= 0.6 is 15.9 Å². The highest BCUT2D eigenvalue weighted by molar-refractivity contribution is 9.10. The molecule has 3 heteroatoms. The van der Waals surface area contributed by atoms with E-state index in [1.807, 2.05) is 0 Å². The van der Waals surface area contributed by atoms with Crippen molar-refractivity contribution in [2.45, 2.75) is 39.8 Å². The Balaban J connectivity index is 3.00. The summed E-state index contributed by atoms with van der Waals surface area (Å²) in [5.41, 5.74) is 7.51. The van der Waals surface area contributed by atoms with Crippen LogP contribution in [0.1, 0.15) is 39.3 Å². The van der Waals surface area contributed by atoms with Gasteiger partial charge in [-0.15, -0.1) is 0 Å². The largest absolute Gasteiger partial charge is 0.326 e. The maximum atomic E-state index is 6.21. The minimum atomic E-state index is 0.123. The summed E-state index contributed by atoms with van der Waals surface area (Å²) in [4.78, 5) is 2.47. The van der Waals surface area contributed by atoms with E-state index >= 15 is 0 Å². The van der Waals surface area contributed by atoms with Gasteiger partial charge in [0.2, 0.25) is 0 Å². The van der Waals surface area contributed by atoms with Gasteiger partial charge in [-0.25, -0.2) is 0 Å². The Morgan fingerprint density at radius 2 is 1.94 bits per heavy atom. The molecule has 0 aliphatic carbocycles. The van der Waals surface area contributed by atoms with E-state index < -0.39 is 0 Å². The molecule has 1 aromatic rings. The first-order chi connectivity index (χ1) is 8.45. The molecule has 1 rings (SSSR count). The van der Waals surface area contributed by atoms with Crippen LogP contribution in [0.25, 0.3) is 0 Å². The molecule has 0 aliphatic rings. The van der Waals surface area contributed by atoms with E-state index in [0.717, 1.165) is 17.6 Å². The molecule has 0 aromatic heterocycles. The predicted octanol–water partition coefficient (Wildman–Crippen LogP) is 3.82. The van der Waals surface area contributed by atoms with Crippen LogP contribution in [0.15, 0.2) is 28.7 Å². The Kier molecular flexibility index (Phi) is 6.33. The minimum absolute atomic E-state index is 0.123. The second kappa shape index (κ2) is 7.27. The van der Waals surface area contributed by atoms with Crippen molar-refractivity contribution in [1.82, 2.24) is 4.90 Å². The fraction of sp³-hybridized carbons (Fsp3) is 0.600. The number of nitrogens with two attached hydrogens (primary N) is 1. The summed E-state index contributed by atoms with van der Waals surface area (Å²) >= 11 is 3.54. The van der Waals surface area contributed by atoms with Gasteiger partial charge in [-0.05, 0) is 37.1 Å². The zero-order chi connectivity index (χ0) is 13.7. The molecule has 0 bridgehead atoms. The smallest absolute Gasteiger partial charge is 0.0496 e. The van der Waals surface area contributed by atoms with Crippen molar-refractivity contribution in [2.75, 3.05) is 13.1 Å². The molecule has 18 heavy (non-hydrogen) atoms. The molecular weight excluding hydrogens is 288 g/mol. The van der Waals surface area contributed by atoms with Crippen molar-refractivity contribution in [1.29, 1.82) is 0 Å². The van der Waals surface area contributed by atoms with Gasteiger partial charge >= 0.3 is 0 Å². The van der Waals surface area contributed by atoms with E-state index in [4.69, 9.17) is 5.73 Å². The lowest BCUT2D eigenvalue weighted by Crippen LogP contribution is -2.41. The molecule has 2 N–H and O–H groups in total. The van der Waals surface area contributed by atoms with Gasteiger partial charge in [0.15, 0.2) is 0 Å². The van der Waals surface area contributed by atoms with Crippen molar-refractivity contribution in [3.05, 3.63) is 34.3 Å². The zero-order valence-electron chi connectivity index (χ0n) is 11.9. The van der Waals surface area contributed by atoms with E-state index in [1.165, 1.54) is 5.56 Å². The fourth-order valence-electron chi connectivity index (χ4n) is 2.45. The van der Waals surface area contributed by atoms with Gasteiger partial charge in [-0.2, -0.15) is 0 Å². The zero-order valence-corrected chi connectivity index (χ0v) is 13.4. The molecule has 0 heterocycles. The first-order valence-corrected chi connectivity index (χ1v) is 7.50. The third-order valence-electron chi connectivity index (χ3n) is 3.09. The van der Waals surface area contributed by atoms with Crippen molar-refractivity contribution in [3.8, 4) is 0 Å². The van der Waals surface area contributed by atoms with Gasteiger partial charge < -0.3 is 5.73 Å². The van der Waals surface area contributed by atoms with Crippen molar-refractivity contribution in [2.24, 2.45) is 11.7 Å². The first-order valence-electron chi connectivity index (χ1n) is 6.70. The van der Waals surface area contributed by atoms with E-state index in [9.17, 15) is 0 Å². The topological polar surface area (TPSA) is 29.3 Å². The van der Waals surface area contributed by atoms with Crippen LogP contribution in [0.2, 0.25) is 0 Å². The Hall–Kier alpha value is -0.380. The molecule has 102 valence electrons. The van der Waals surface area contributed by atoms with Gasteiger partial charge in [-0.3, -0.25) is 4.90 Å². The number of hydrogen-bond acceptors (Lipinski definition) is 2. The maximum Gasteiger partial charge on any atom is 0.0496 e. The molecule has 0 aliphatic heterocycles. The molecule has 2 atom stereocenters. The van der Waals surface area contributed by atoms with Crippen LogP contribution in [0, 0.1) is 5.92 Å². The maximum absolute atomic E-state index is 6.21. The molecule has 0 spiro atoms. The Labute approximate surface area is 120 Å². The third-order valence-corrected chi connectivity index (χ3v) is 3.58. The molecule has 2 nitrogen and oxygen atoms in total. The van der Waals surface area contributed by atoms with Crippen molar-refractivity contribution in [3.63, 3.8) is 0 Å². The third kappa shape index (κ3) is 4.38. The van der Waals surface area contributed by atoms with Gasteiger partial charge in [0.05, 0.1) is 0 Å². The van der Waals surface area contributed by atoms with E-state index in [0.29, 0.717) is 5.92 Å². The van der Waals surface area contributed by atoms with Crippen LogP contribution in [0.3, 0.4) is 0 Å². The average molecular weight is 313 g/mol. The monoisotopic (exact) mass is 312 g/mol. The molecule has 0 saturated carbocycles. The quantitative estimate of drug-likeness (QED) is 0.865. The molecular formula is C15H25BrN2. The summed E-state index contributed by atoms with van der Waals surface area (Å²) in [7, 11) is 0. The van der Waals surface area contributed by atoms with Crippen molar-refractivity contribution >= 4 is 15.9 Å². The van der Waals surface area contributed by atoms with Crippen LogP contribution in [0.4, 0.5) is 0 Å². The minimum Gasteiger partial charge on any atom is -0.326 e. The molecule has 1 aromatic carbocycles. The predicted molar refractivity (Wildman–Crippen MR) is 82.6 cm³/mol. The lowest BCUT2D eigenvalue weighted by Gasteiger charge is -2.35. The lowest BCUT2D eigenvalue weighted by atomic mass is 9.98. The number of nitrogens with zero attached hydrogens (tertiary/aromatic N) is 1. The Morgan fingerprint density at radius 3 is 2.39 bits per heavy atom. The summed E-state index contributed by atoms with van der Waals surface area (Å²) in [6.45, 7) is 10.9. The SMILES string of the molecule is CCN(CC(C)C)C(c1cccc(Br)c1)C(C)N. The molecule has 0 saturated heterocycles.